The second-order valence-corrected chi connectivity index (χ2v) is 3.01. The van der Waals surface area contributed by atoms with Gasteiger partial charge >= 0.3 is 28.2 Å². The second-order valence-electron chi connectivity index (χ2n) is 2.61. The van der Waals surface area contributed by atoms with E-state index in [2.05, 4.69) is 14.3 Å². The molecular formula is C7H15ClNOPtS-2. The second kappa shape index (κ2) is 12.2. The number of rotatable bonds is 2. The van der Waals surface area contributed by atoms with Gasteiger partial charge in [0.05, 0.1) is 0 Å². The van der Waals surface area contributed by atoms with Gasteiger partial charge in [-0.1, -0.05) is 6.42 Å². The third-order valence-corrected chi connectivity index (χ3v) is 2.04. The van der Waals surface area contributed by atoms with Crippen LogP contribution in [-0.4, -0.2) is 35.8 Å². The van der Waals surface area contributed by atoms with Crippen molar-refractivity contribution in [2.24, 2.45) is 0 Å². The SMILES string of the molecule is [Cl][Pt].[OH-].[S-]CCN1CCCCC1. The molecule has 1 aliphatic heterocycles. The van der Waals surface area contributed by atoms with E-state index in [1.807, 2.05) is 0 Å². The van der Waals surface area contributed by atoms with Crippen LogP contribution in [-0.2, 0) is 31.4 Å². The average Bonchev–Trinajstić information content (AvgIpc) is 2.11. The number of hydrogen-bond donors (Lipinski definition) is 0. The van der Waals surface area contributed by atoms with Gasteiger partial charge in [-0.25, -0.2) is 0 Å². The van der Waals surface area contributed by atoms with Crippen LogP contribution in [0.4, 0.5) is 0 Å². The maximum Gasteiger partial charge on any atom is -0.00195 e. The van der Waals surface area contributed by atoms with Crippen LogP contribution in [0, 0.1) is 0 Å². The fourth-order valence-corrected chi connectivity index (χ4v) is 1.57. The van der Waals surface area contributed by atoms with E-state index in [-0.39, 0.29) is 5.48 Å². The van der Waals surface area contributed by atoms with E-state index in [9.17, 15) is 0 Å². The molecule has 79 valence electrons. The molecule has 0 spiro atoms. The smallest absolute Gasteiger partial charge is 0.00195 e. The average molecular weight is 392 g/mol. The van der Waals surface area contributed by atoms with Gasteiger partial charge in [0.2, 0.25) is 0 Å². The van der Waals surface area contributed by atoms with Gasteiger partial charge < -0.3 is 23.0 Å². The zero-order valence-corrected chi connectivity index (χ0v) is 10.8. The van der Waals surface area contributed by atoms with E-state index in [0.717, 1.165) is 12.3 Å². The largest absolute Gasteiger partial charge is 0.870 e. The first-order chi connectivity index (χ1) is 5.43. The van der Waals surface area contributed by atoms with Gasteiger partial charge in [-0.05, 0) is 32.5 Å². The molecular weight excluding hydrogens is 377 g/mol. The van der Waals surface area contributed by atoms with Gasteiger partial charge in [-0.15, -0.1) is 0 Å². The van der Waals surface area contributed by atoms with Crippen molar-refractivity contribution in [1.82, 2.24) is 4.90 Å². The van der Waals surface area contributed by atoms with E-state index in [1.165, 1.54) is 32.4 Å². The van der Waals surface area contributed by atoms with Crippen molar-refractivity contribution in [2.45, 2.75) is 19.3 Å². The van der Waals surface area contributed by atoms with Crippen LogP contribution in [0.15, 0.2) is 0 Å². The minimum Gasteiger partial charge on any atom is -0.870 e. The van der Waals surface area contributed by atoms with Gasteiger partial charge in [-0.2, -0.15) is 5.75 Å². The van der Waals surface area contributed by atoms with Crippen LogP contribution in [0.3, 0.4) is 0 Å². The fraction of sp³-hybridized carbons (Fsp3) is 1.00. The van der Waals surface area contributed by atoms with Crippen molar-refractivity contribution in [3.63, 3.8) is 0 Å². The predicted octanol–water partition coefficient (Wildman–Crippen LogP) is 1.53. The van der Waals surface area contributed by atoms with Crippen molar-refractivity contribution < 1.29 is 24.2 Å². The molecule has 1 aliphatic rings. The Morgan fingerprint density at radius 3 is 2.08 bits per heavy atom. The minimum atomic E-state index is 0. The molecule has 2 nitrogen and oxygen atoms in total. The van der Waals surface area contributed by atoms with Crippen molar-refractivity contribution in [2.75, 3.05) is 25.4 Å². The number of likely N-dealkylation sites (tertiary alicyclic amines) is 1. The third kappa shape index (κ3) is 7.87. The number of piperidine rings is 1. The molecule has 0 unspecified atom stereocenters. The summed E-state index contributed by atoms with van der Waals surface area (Å²) in [6.07, 6.45) is 4.19. The first-order valence-corrected chi connectivity index (χ1v) is 7.25. The zero-order chi connectivity index (χ0) is 8.53. The summed E-state index contributed by atoms with van der Waals surface area (Å²) >= 11 is 6.50. The van der Waals surface area contributed by atoms with Crippen molar-refractivity contribution >= 4 is 22.0 Å². The molecule has 0 aromatic carbocycles. The molecule has 12 heavy (non-hydrogen) atoms. The molecule has 5 heteroatoms. The summed E-state index contributed by atoms with van der Waals surface area (Å²) in [5.74, 6) is 0.903. The Kier molecular flexibility index (Phi) is 16.0. The van der Waals surface area contributed by atoms with Gasteiger partial charge in [-0.3, -0.25) is 0 Å². The standard InChI is InChI=1S/C7H15NS.ClH.H2O.Pt/c9-7-6-8-4-2-1-3-5-8;;;/h9H,1-7H2;1H;1H2;/q;;;+1/p-3. The molecule has 0 aromatic heterocycles. The van der Waals surface area contributed by atoms with Gasteiger partial charge in [0.15, 0.2) is 0 Å². The van der Waals surface area contributed by atoms with E-state index in [4.69, 9.17) is 12.6 Å². The van der Waals surface area contributed by atoms with Crippen molar-refractivity contribution in [3.05, 3.63) is 0 Å². The summed E-state index contributed by atoms with van der Waals surface area (Å²) in [5, 5.41) is 0. The topological polar surface area (TPSA) is 33.2 Å². The zero-order valence-electron chi connectivity index (χ0n) is 6.95. The van der Waals surface area contributed by atoms with Crippen LogP contribution in [0.2, 0.25) is 0 Å². The predicted molar refractivity (Wildman–Crippen MR) is 50.3 cm³/mol. The van der Waals surface area contributed by atoms with Crippen LogP contribution in [0.25, 0.3) is 0 Å². The minimum absolute atomic E-state index is 0. The van der Waals surface area contributed by atoms with Crippen LogP contribution in [0.1, 0.15) is 19.3 Å². The Morgan fingerprint density at radius 1 is 1.17 bits per heavy atom. The molecule has 0 aliphatic carbocycles. The molecule has 1 heterocycles. The molecule has 1 saturated heterocycles. The van der Waals surface area contributed by atoms with Crippen molar-refractivity contribution in [1.29, 1.82) is 0 Å². The summed E-state index contributed by atoms with van der Waals surface area (Å²) < 4.78 is 0. The number of nitrogens with zero attached hydrogens (tertiary/aromatic N) is 1. The Hall–Kier alpha value is 1.25. The number of halogens is 1. The van der Waals surface area contributed by atoms with Gasteiger partial charge in [0, 0.05) is 0 Å². The Balaban J connectivity index is 0. The van der Waals surface area contributed by atoms with E-state index in [1.54, 1.807) is 18.8 Å². The van der Waals surface area contributed by atoms with Crippen LogP contribution in [0.5, 0.6) is 0 Å². The summed E-state index contributed by atoms with van der Waals surface area (Å²) in [5.41, 5.74) is 0. The molecule has 0 radical (unpaired) electrons. The molecule has 1 N–H and O–H groups in total. The Labute approximate surface area is 95.6 Å². The van der Waals surface area contributed by atoms with Gasteiger partial charge in [0.25, 0.3) is 0 Å². The summed E-state index contributed by atoms with van der Waals surface area (Å²) in [4.78, 5) is 2.47. The maximum atomic E-state index is 4.89. The molecule has 0 aromatic rings. The first-order valence-electron chi connectivity index (χ1n) is 3.86. The van der Waals surface area contributed by atoms with E-state index < -0.39 is 0 Å². The molecule has 0 bridgehead atoms. The molecule has 0 amide bonds. The Morgan fingerprint density at radius 2 is 1.67 bits per heavy atom. The summed E-state index contributed by atoms with van der Waals surface area (Å²) in [6.45, 7) is 3.71. The summed E-state index contributed by atoms with van der Waals surface area (Å²) in [7, 11) is 4.61. The molecule has 0 atom stereocenters. The van der Waals surface area contributed by atoms with Crippen LogP contribution < -0.4 is 0 Å². The summed E-state index contributed by atoms with van der Waals surface area (Å²) in [6, 6.07) is 0. The molecule has 0 saturated carbocycles. The number of hydrogen-bond acceptors (Lipinski definition) is 3. The molecule has 1 rings (SSSR count). The fourth-order valence-electron chi connectivity index (χ4n) is 1.31. The molecule has 1 fully saturated rings. The van der Waals surface area contributed by atoms with E-state index >= 15 is 0 Å². The third-order valence-electron chi connectivity index (χ3n) is 1.86. The maximum absolute atomic E-state index is 4.89. The van der Waals surface area contributed by atoms with E-state index in [0.29, 0.717) is 0 Å². The Bertz CT molecular complexity index is 81.1. The van der Waals surface area contributed by atoms with Crippen LogP contribution >= 0.6 is 9.42 Å². The van der Waals surface area contributed by atoms with Crippen molar-refractivity contribution in [3.8, 4) is 0 Å². The quantitative estimate of drug-likeness (QED) is 0.669. The van der Waals surface area contributed by atoms with Gasteiger partial charge in [0.1, 0.15) is 0 Å². The monoisotopic (exact) mass is 391 g/mol. The first kappa shape index (κ1) is 15.7. The normalized spacial score (nSPS) is 17.3.